The highest BCUT2D eigenvalue weighted by Crippen LogP contribution is 2.63. The first-order chi connectivity index (χ1) is 25.9. The standard InChI is InChI=1S/C40H38N2O11S2/c1-12-11-14-16-17-19-22(21-18(16)23(27(44)29(14)50-7)25-33(31(21)52-9)54-39(3,4)35(41-25)37(46)47)32(53-10)34-26(42-36(38(48)49)40(5,6)55-34)24(19)28(45)30(51-8)20(17)15(12)13(2)43/h35-36,41-42H,11H2,1-10H3,(H,46,47)(H,48,49). The molecule has 1 aliphatic carbocycles. The fourth-order valence-electron chi connectivity index (χ4n) is 9.07. The molecular formula is C40H38N2O11S2. The highest BCUT2D eigenvalue weighted by molar-refractivity contribution is 8.01. The number of ether oxygens (including phenoxy) is 4. The van der Waals surface area contributed by atoms with Crippen molar-refractivity contribution in [2.45, 2.75) is 79.3 Å². The maximum absolute atomic E-state index is 15.1. The molecule has 13 nitrogen and oxygen atoms in total. The minimum absolute atomic E-state index is 0.00695. The van der Waals surface area contributed by atoms with Gasteiger partial charge in [-0.15, -0.1) is 23.5 Å². The summed E-state index contributed by atoms with van der Waals surface area (Å²) in [5, 5.41) is 29.9. The quantitative estimate of drug-likeness (QED) is 0.106. The minimum Gasteiger partial charge on any atom is -0.495 e. The first-order valence-corrected chi connectivity index (χ1v) is 19.1. The molecule has 2 unspecified atom stereocenters. The summed E-state index contributed by atoms with van der Waals surface area (Å²) in [4.78, 5) is 70.4. The fraction of sp³-hybridized carbons (Fsp3) is 0.375. The van der Waals surface area contributed by atoms with Gasteiger partial charge in [0.05, 0.1) is 60.4 Å². The van der Waals surface area contributed by atoms with E-state index in [1.165, 1.54) is 58.9 Å². The molecule has 5 aromatic rings. The van der Waals surface area contributed by atoms with E-state index in [2.05, 4.69) is 10.6 Å². The number of hydrogen-bond donors (Lipinski definition) is 4. The molecule has 2 heterocycles. The number of aliphatic carboxylic acids is 2. The van der Waals surface area contributed by atoms with Gasteiger partial charge in [-0.2, -0.15) is 0 Å². The highest BCUT2D eigenvalue weighted by atomic mass is 32.2. The predicted octanol–water partition coefficient (Wildman–Crippen LogP) is 6.35. The molecule has 0 spiro atoms. The van der Waals surface area contributed by atoms with Gasteiger partial charge < -0.3 is 39.8 Å². The Morgan fingerprint density at radius 2 is 1.05 bits per heavy atom. The Hall–Kier alpha value is -5.15. The number of methoxy groups -OCH3 is 4. The van der Waals surface area contributed by atoms with Crippen molar-refractivity contribution < 1.29 is 43.5 Å². The maximum Gasteiger partial charge on any atom is 0.327 e. The van der Waals surface area contributed by atoms with Crippen molar-refractivity contribution in [3.05, 3.63) is 37.1 Å². The van der Waals surface area contributed by atoms with Gasteiger partial charge in [0.15, 0.2) is 17.3 Å². The normalized spacial score (nSPS) is 19.5. The Morgan fingerprint density at radius 3 is 1.45 bits per heavy atom. The van der Waals surface area contributed by atoms with Crippen molar-refractivity contribution >= 4 is 101 Å². The number of Topliss-reactive ketones (excluding diaryl/α,β-unsaturated/α-hetero) is 1. The topological polar surface area (TPSA) is 187 Å². The Balaban J connectivity index is 1.81. The molecule has 0 aromatic heterocycles. The van der Waals surface area contributed by atoms with E-state index in [0.717, 1.165) is 0 Å². The summed E-state index contributed by atoms with van der Waals surface area (Å²) in [5.41, 5.74) is 0.882. The first kappa shape index (κ1) is 36.8. The van der Waals surface area contributed by atoms with Crippen LogP contribution in [-0.2, 0) is 20.8 Å². The highest BCUT2D eigenvalue weighted by Gasteiger charge is 2.47. The molecule has 0 radical (unpaired) electrons. The third kappa shape index (κ3) is 4.59. The molecule has 4 N–H and O–H groups in total. The number of hydrogen-bond acceptors (Lipinski definition) is 13. The molecule has 286 valence electrons. The number of carboxylic acid groups (broad SMARTS) is 2. The monoisotopic (exact) mass is 786 g/mol. The van der Waals surface area contributed by atoms with Crippen molar-refractivity contribution in [2.75, 3.05) is 39.1 Å². The van der Waals surface area contributed by atoms with E-state index in [0.29, 0.717) is 64.7 Å². The molecule has 0 saturated carbocycles. The van der Waals surface area contributed by atoms with Gasteiger partial charge in [0.25, 0.3) is 0 Å². The van der Waals surface area contributed by atoms with Crippen molar-refractivity contribution in [1.82, 2.24) is 0 Å². The molecule has 0 amide bonds. The summed E-state index contributed by atoms with van der Waals surface area (Å²) >= 11 is 2.49. The lowest BCUT2D eigenvalue weighted by molar-refractivity contribution is -0.139. The molecule has 2 atom stereocenters. The second kappa shape index (κ2) is 11.9. The van der Waals surface area contributed by atoms with Gasteiger partial charge >= 0.3 is 11.9 Å². The number of nitrogens with one attached hydrogen (secondary N) is 2. The van der Waals surface area contributed by atoms with Crippen LogP contribution in [0.5, 0.6) is 23.0 Å². The zero-order valence-electron chi connectivity index (χ0n) is 31.7. The average molecular weight is 787 g/mol. The number of carbonyl (C=O) groups excluding carboxylic acids is 1. The number of ketones is 1. The van der Waals surface area contributed by atoms with Crippen LogP contribution in [0.15, 0.2) is 25.0 Å². The first-order valence-electron chi connectivity index (χ1n) is 17.4. The molecule has 0 saturated heterocycles. The molecule has 0 fully saturated rings. The van der Waals surface area contributed by atoms with Gasteiger partial charge in [-0.1, -0.05) is 5.57 Å². The lowest BCUT2D eigenvalue weighted by Crippen LogP contribution is -2.48. The van der Waals surface area contributed by atoms with Gasteiger partial charge in [-0.3, -0.25) is 14.4 Å². The lowest BCUT2D eigenvalue weighted by Gasteiger charge is -2.40. The third-order valence-electron chi connectivity index (χ3n) is 11.2. The van der Waals surface area contributed by atoms with E-state index in [9.17, 15) is 24.6 Å². The van der Waals surface area contributed by atoms with Gasteiger partial charge in [0.1, 0.15) is 23.6 Å². The summed E-state index contributed by atoms with van der Waals surface area (Å²) in [5.74, 6) is -2.11. The number of anilines is 2. The Morgan fingerprint density at radius 1 is 0.636 bits per heavy atom. The van der Waals surface area contributed by atoms with Crippen LogP contribution in [0.25, 0.3) is 48.7 Å². The summed E-state index contributed by atoms with van der Waals surface area (Å²) in [7, 11) is 5.69. The molecule has 55 heavy (non-hydrogen) atoms. The van der Waals surface area contributed by atoms with E-state index < -0.39 is 44.4 Å². The predicted molar refractivity (Wildman–Crippen MR) is 215 cm³/mol. The SMILES string of the molecule is COc1c2c3c4c(c(OC)c(=O)c5c6c(c(OC)c(c7c(OC)c8c(c(c1=O)c37)NC(C(=O)O)C(C)(C)S8)c54)SC(C)(C)C(C(=O)O)N6)C(C(C)=O)=C(C)C2. The van der Waals surface area contributed by atoms with Gasteiger partial charge in [0, 0.05) is 53.1 Å². The summed E-state index contributed by atoms with van der Waals surface area (Å²) < 4.78 is 22.6. The van der Waals surface area contributed by atoms with Crippen LogP contribution < -0.4 is 40.4 Å². The van der Waals surface area contributed by atoms with E-state index >= 15 is 9.59 Å². The molecule has 8 rings (SSSR count). The molecule has 15 heteroatoms. The van der Waals surface area contributed by atoms with Gasteiger partial charge in [-0.25, -0.2) is 9.59 Å². The molecule has 3 aliphatic rings. The van der Waals surface area contributed by atoms with E-state index in [-0.39, 0.29) is 57.0 Å². The van der Waals surface area contributed by atoms with Crippen molar-refractivity contribution in [3.63, 3.8) is 0 Å². The van der Waals surface area contributed by atoms with Crippen molar-refractivity contribution in [2.24, 2.45) is 0 Å². The number of carboxylic acids is 2. The zero-order chi connectivity index (χ0) is 40.0. The van der Waals surface area contributed by atoms with Crippen LogP contribution in [0.1, 0.15) is 52.7 Å². The van der Waals surface area contributed by atoms with Crippen LogP contribution >= 0.6 is 23.5 Å². The molecular weight excluding hydrogens is 749 g/mol. The zero-order valence-corrected chi connectivity index (χ0v) is 33.4. The third-order valence-corrected chi connectivity index (χ3v) is 13.9. The summed E-state index contributed by atoms with van der Waals surface area (Å²) in [6.07, 6.45) is 0.0821. The molecule has 0 bridgehead atoms. The van der Waals surface area contributed by atoms with E-state index in [1.807, 2.05) is 0 Å². The number of thioether (sulfide) groups is 2. The number of carbonyl (C=O) groups is 3. The summed E-state index contributed by atoms with van der Waals surface area (Å²) in [6, 6.07) is -2.25. The van der Waals surface area contributed by atoms with Crippen LogP contribution in [0.2, 0.25) is 0 Å². The average Bonchev–Trinajstić information content (AvgIpc) is 3.23. The second-order valence-corrected chi connectivity index (χ2v) is 18.5. The Bertz CT molecular complexity index is 2790. The minimum atomic E-state index is -1.13. The number of benzene rings is 5. The molecule has 5 aromatic carbocycles. The number of fused-ring (bicyclic) bond motifs is 5. The Kier molecular flexibility index (Phi) is 7.98. The van der Waals surface area contributed by atoms with Crippen LogP contribution in [0.3, 0.4) is 0 Å². The van der Waals surface area contributed by atoms with E-state index in [1.54, 1.807) is 34.6 Å². The largest absolute Gasteiger partial charge is 0.495 e. The number of rotatable bonds is 7. The number of allylic oxidation sites excluding steroid dienone is 2. The Labute approximate surface area is 322 Å². The van der Waals surface area contributed by atoms with Gasteiger partial charge in [0.2, 0.25) is 10.9 Å². The van der Waals surface area contributed by atoms with E-state index in [4.69, 9.17) is 18.9 Å². The van der Waals surface area contributed by atoms with Crippen LogP contribution in [-0.4, -0.2) is 78.0 Å². The summed E-state index contributed by atoms with van der Waals surface area (Å²) in [6.45, 7) is 10.3. The smallest absolute Gasteiger partial charge is 0.327 e. The van der Waals surface area contributed by atoms with Crippen molar-refractivity contribution in [1.29, 1.82) is 0 Å². The van der Waals surface area contributed by atoms with Crippen LogP contribution in [0.4, 0.5) is 11.4 Å². The second-order valence-electron chi connectivity index (χ2n) is 15.2. The molecule has 2 aliphatic heterocycles. The maximum atomic E-state index is 15.1. The fourth-order valence-corrected chi connectivity index (χ4v) is 11.8. The van der Waals surface area contributed by atoms with Crippen LogP contribution in [0, 0.1) is 0 Å². The van der Waals surface area contributed by atoms with Crippen molar-refractivity contribution in [3.8, 4) is 23.0 Å². The lowest BCUT2D eigenvalue weighted by atomic mass is 9.82. The van der Waals surface area contributed by atoms with Gasteiger partial charge in [-0.05, 0) is 53.3 Å².